The van der Waals surface area contributed by atoms with E-state index in [1.165, 1.54) is 31.7 Å². The zero-order valence-electron chi connectivity index (χ0n) is 18.3. The highest BCUT2D eigenvalue weighted by Crippen LogP contribution is 2.31. The number of carbonyl (C=O) groups excluding carboxylic acids is 1. The average Bonchev–Trinajstić information content (AvgIpc) is 2.82. The number of sulfonamides is 1. The molecule has 1 N–H and O–H groups in total. The number of hydrogen-bond acceptors (Lipinski definition) is 6. The fraction of sp³-hybridized carbons (Fsp3) is 0.409. The average molecular weight is 467 g/mol. The van der Waals surface area contributed by atoms with Crippen molar-refractivity contribution in [3.05, 3.63) is 47.8 Å². The maximum absolute atomic E-state index is 13.7. The van der Waals surface area contributed by atoms with Crippen LogP contribution < -0.4 is 19.5 Å². The predicted molar refractivity (Wildman–Crippen MR) is 116 cm³/mol. The fourth-order valence-electron chi connectivity index (χ4n) is 3.79. The second-order valence-corrected chi connectivity index (χ2v) is 9.26. The molecule has 3 rings (SSSR count). The van der Waals surface area contributed by atoms with E-state index in [0.717, 1.165) is 12.1 Å². The molecule has 174 valence electrons. The molecule has 0 saturated carbocycles. The normalized spacial score (nSPS) is 16.9. The first kappa shape index (κ1) is 23.8. The number of rotatable bonds is 8. The topological polar surface area (TPSA) is 94.2 Å². The van der Waals surface area contributed by atoms with Crippen LogP contribution in [0.2, 0.25) is 0 Å². The summed E-state index contributed by atoms with van der Waals surface area (Å²) < 4.78 is 57.1. The van der Waals surface area contributed by atoms with Gasteiger partial charge in [0.15, 0.2) is 0 Å². The second kappa shape index (κ2) is 10.2. The third-order valence-corrected chi connectivity index (χ3v) is 7.35. The van der Waals surface area contributed by atoms with E-state index in [4.69, 9.17) is 14.2 Å². The first-order chi connectivity index (χ1) is 15.3. The highest BCUT2D eigenvalue weighted by Gasteiger charge is 2.35. The Balaban J connectivity index is 1.74. The molecule has 10 heteroatoms. The fourth-order valence-corrected chi connectivity index (χ4v) is 5.48. The summed E-state index contributed by atoms with van der Waals surface area (Å²) in [5, 5.41) is 2.86. The number of ether oxygens (including phenoxy) is 3. The Labute approximate surface area is 187 Å². The molecule has 1 unspecified atom stereocenters. The van der Waals surface area contributed by atoms with E-state index in [-0.39, 0.29) is 36.2 Å². The molecule has 0 bridgehead atoms. The van der Waals surface area contributed by atoms with Crippen molar-refractivity contribution in [2.75, 3.05) is 34.4 Å². The number of halogens is 1. The Bertz CT molecular complexity index is 1050. The minimum absolute atomic E-state index is 0.00308. The molecule has 0 aromatic heterocycles. The number of benzene rings is 2. The summed E-state index contributed by atoms with van der Waals surface area (Å²) in [5.41, 5.74) is 0.690. The van der Waals surface area contributed by atoms with Gasteiger partial charge in [0.05, 0.1) is 39.4 Å². The molecule has 8 nitrogen and oxygen atoms in total. The van der Waals surface area contributed by atoms with Gasteiger partial charge in [0.25, 0.3) is 0 Å². The molecule has 1 atom stereocenters. The van der Waals surface area contributed by atoms with Crippen LogP contribution in [0.1, 0.15) is 18.4 Å². The maximum atomic E-state index is 13.7. The molecule has 1 fully saturated rings. The van der Waals surface area contributed by atoms with Gasteiger partial charge in [-0.1, -0.05) is 6.07 Å². The number of piperidine rings is 1. The largest absolute Gasteiger partial charge is 0.496 e. The van der Waals surface area contributed by atoms with Gasteiger partial charge in [-0.15, -0.1) is 0 Å². The van der Waals surface area contributed by atoms with Crippen LogP contribution in [0.15, 0.2) is 41.3 Å². The number of amides is 1. The zero-order chi connectivity index (χ0) is 23.3. The number of methoxy groups -OCH3 is 3. The number of carbonyl (C=O) groups is 1. The highest BCUT2D eigenvalue weighted by atomic mass is 32.2. The standard InChI is InChI=1S/C22H27FN2O6S/c1-29-18-7-4-8-19(30-2)17(18)13-24-22(26)15-6-5-11-25(14-15)32(27,28)21-12-16(23)9-10-20(21)31-3/h4,7-10,12,15H,5-6,11,13-14H2,1-3H3,(H,24,26). The highest BCUT2D eigenvalue weighted by molar-refractivity contribution is 7.89. The number of nitrogens with one attached hydrogen (secondary N) is 1. The zero-order valence-corrected chi connectivity index (χ0v) is 19.1. The molecule has 2 aromatic rings. The van der Waals surface area contributed by atoms with Crippen molar-refractivity contribution in [3.63, 3.8) is 0 Å². The molecule has 0 radical (unpaired) electrons. The Kier molecular flexibility index (Phi) is 7.57. The van der Waals surface area contributed by atoms with Crippen molar-refractivity contribution in [3.8, 4) is 17.2 Å². The van der Waals surface area contributed by atoms with Crippen LogP contribution in [0.5, 0.6) is 17.2 Å². The molecular weight excluding hydrogens is 439 g/mol. The van der Waals surface area contributed by atoms with E-state index >= 15 is 0 Å². The summed E-state index contributed by atoms with van der Waals surface area (Å²) in [4.78, 5) is 12.6. The summed E-state index contributed by atoms with van der Waals surface area (Å²) in [6.45, 7) is 0.413. The molecule has 1 amide bonds. The first-order valence-corrected chi connectivity index (χ1v) is 11.6. The van der Waals surface area contributed by atoms with Crippen LogP contribution in [0.3, 0.4) is 0 Å². The van der Waals surface area contributed by atoms with Crippen LogP contribution in [-0.4, -0.2) is 53.0 Å². The van der Waals surface area contributed by atoms with Crippen LogP contribution in [0.4, 0.5) is 4.39 Å². The van der Waals surface area contributed by atoms with Crippen LogP contribution in [-0.2, 0) is 21.4 Å². The molecule has 1 saturated heterocycles. The van der Waals surface area contributed by atoms with Gasteiger partial charge in [-0.2, -0.15) is 4.31 Å². The monoisotopic (exact) mass is 466 g/mol. The van der Waals surface area contributed by atoms with E-state index < -0.39 is 21.8 Å². The number of hydrogen-bond donors (Lipinski definition) is 1. The maximum Gasteiger partial charge on any atom is 0.246 e. The minimum Gasteiger partial charge on any atom is -0.496 e. The third kappa shape index (κ3) is 4.97. The van der Waals surface area contributed by atoms with E-state index in [1.807, 2.05) is 0 Å². The van der Waals surface area contributed by atoms with Crippen molar-refractivity contribution < 1.29 is 31.8 Å². The molecule has 0 aliphatic carbocycles. The molecule has 2 aromatic carbocycles. The molecule has 0 spiro atoms. The predicted octanol–water partition coefficient (Wildman–Crippen LogP) is 2.57. The quantitative estimate of drug-likeness (QED) is 0.643. The van der Waals surface area contributed by atoms with Gasteiger partial charge in [0, 0.05) is 13.1 Å². The van der Waals surface area contributed by atoms with Crippen LogP contribution >= 0.6 is 0 Å². The lowest BCUT2D eigenvalue weighted by molar-refractivity contribution is -0.126. The summed E-state index contributed by atoms with van der Waals surface area (Å²) in [6.07, 6.45) is 1.05. The van der Waals surface area contributed by atoms with E-state index in [2.05, 4.69) is 5.32 Å². The summed E-state index contributed by atoms with van der Waals surface area (Å²) in [7, 11) is 0.355. The van der Waals surface area contributed by atoms with Gasteiger partial charge in [-0.05, 0) is 43.2 Å². The molecule has 1 heterocycles. The van der Waals surface area contributed by atoms with E-state index in [1.54, 1.807) is 18.2 Å². The van der Waals surface area contributed by atoms with Crippen LogP contribution in [0, 0.1) is 11.7 Å². The smallest absolute Gasteiger partial charge is 0.246 e. The Morgan fingerprint density at radius 1 is 1.09 bits per heavy atom. The summed E-state index contributed by atoms with van der Waals surface area (Å²) in [6, 6.07) is 8.67. The number of nitrogens with zero attached hydrogens (tertiary/aromatic N) is 1. The SMILES string of the molecule is COc1ccc(F)cc1S(=O)(=O)N1CCCC(C(=O)NCc2c(OC)cccc2OC)C1. The lowest BCUT2D eigenvalue weighted by atomic mass is 9.98. The van der Waals surface area contributed by atoms with Crippen molar-refractivity contribution in [1.29, 1.82) is 0 Å². The Morgan fingerprint density at radius 2 is 1.75 bits per heavy atom. The Hall–Kier alpha value is -2.85. The lowest BCUT2D eigenvalue weighted by Crippen LogP contribution is -2.45. The van der Waals surface area contributed by atoms with Crippen molar-refractivity contribution in [2.45, 2.75) is 24.3 Å². The van der Waals surface area contributed by atoms with Gasteiger partial charge in [0.2, 0.25) is 15.9 Å². The van der Waals surface area contributed by atoms with Gasteiger partial charge < -0.3 is 19.5 Å². The van der Waals surface area contributed by atoms with Crippen molar-refractivity contribution in [1.82, 2.24) is 9.62 Å². The van der Waals surface area contributed by atoms with E-state index in [0.29, 0.717) is 29.9 Å². The lowest BCUT2D eigenvalue weighted by Gasteiger charge is -2.31. The summed E-state index contributed by atoms with van der Waals surface area (Å²) in [5.74, 6) is -0.281. The van der Waals surface area contributed by atoms with Gasteiger partial charge in [0.1, 0.15) is 28.0 Å². The Morgan fingerprint density at radius 3 is 2.38 bits per heavy atom. The summed E-state index contributed by atoms with van der Waals surface area (Å²) >= 11 is 0. The van der Waals surface area contributed by atoms with Crippen molar-refractivity contribution in [2.24, 2.45) is 5.92 Å². The molecule has 1 aliphatic heterocycles. The van der Waals surface area contributed by atoms with Gasteiger partial charge >= 0.3 is 0 Å². The molecular formula is C22H27FN2O6S. The molecule has 1 aliphatic rings. The third-order valence-electron chi connectivity index (χ3n) is 5.47. The van der Waals surface area contributed by atoms with Gasteiger partial charge in [-0.25, -0.2) is 12.8 Å². The van der Waals surface area contributed by atoms with Crippen LogP contribution in [0.25, 0.3) is 0 Å². The minimum atomic E-state index is -4.03. The second-order valence-electron chi connectivity index (χ2n) is 7.36. The van der Waals surface area contributed by atoms with Crippen molar-refractivity contribution >= 4 is 15.9 Å². The van der Waals surface area contributed by atoms with E-state index in [9.17, 15) is 17.6 Å². The first-order valence-electron chi connectivity index (χ1n) is 10.1. The van der Waals surface area contributed by atoms with Gasteiger partial charge in [-0.3, -0.25) is 4.79 Å². The molecule has 32 heavy (non-hydrogen) atoms.